The van der Waals surface area contributed by atoms with Crippen LogP contribution in [0.3, 0.4) is 0 Å². The van der Waals surface area contributed by atoms with Crippen LogP contribution in [-0.2, 0) is 9.53 Å². The van der Waals surface area contributed by atoms with Crippen LogP contribution < -0.4 is 5.32 Å². The average Bonchev–Trinajstić information content (AvgIpc) is 2.70. The molecular weight excluding hydrogens is 216 g/mol. The minimum Gasteiger partial charge on any atom is -0.468 e. The van der Waals surface area contributed by atoms with Gasteiger partial charge in [-0.3, -0.25) is 4.79 Å². The van der Waals surface area contributed by atoms with E-state index in [1.54, 1.807) is 0 Å². The molecule has 0 aliphatic carbocycles. The van der Waals surface area contributed by atoms with Gasteiger partial charge >= 0.3 is 5.97 Å². The lowest BCUT2D eigenvalue weighted by molar-refractivity contribution is -0.144. The van der Waals surface area contributed by atoms with Crippen LogP contribution in [-0.4, -0.2) is 49.7 Å². The maximum atomic E-state index is 11.7. The number of methoxy groups -OCH3 is 1. The Kier molecular flexibility index (Phi) is 4.05. The summed E-state index contributed by atoms with van der Waals surface area (Å²) in [6.45, 7) is 7.73. The quantitative estimate of drug-likeness (QED) is 0.740. The smallest absolute Gasteiger partial charge is 0.323 e. The third-order valence-corrected chi connectivity index (χ3v) is 4.15. The Balaban J connectivity index is 1.95. The maximum Gasteiger partial charge on any atom is 0.323 e. The second kappa shape index (κ2) is 5.36. The van der Waals surface area contributed by atoms with Crippen LogP contribution in [0, 0.1) is 11.8 Å². The fraction of sp³-hybridized carbons (Fsp3) is 0.923. The van der Waals surface area contributed by atoms with Crippen LogP contribution in [0.25, 0.3) is 0 Å². The number of ether oxygens (including phenoxy) is 1. The largest absolute Gasteiger partial charge is 0.468 e. The van der Waals surface area contributed by atoms with Crippen molar-refractivity contribution in [2.24, 2.45) is 11.8 Å². The zero-order valence-electron chi connectivity index (χ0n) is 11.1. The molecule has 4 unspecified atom stereocenters. The normalized spacial score (nSPS) is 33.8. The second-order valence-electron chi connectivity index (χ2n) is 5.66. The second-order valence-corrected chi connectivity index (χ2v) is 5.66. The van der Waals surface area contributed by atoms with Gasteiger partial charge in [-0.05, 0) is 37.8 Å². The molecule has 4 atom stereocenters. The van der Waals surface area contributed by atoms with Crippen LogP contribution in [0.5, 0.6) is 0 Å². The van der Waals surface area contributed by atoms with Gasteiger partial charge in [0.1, 0.15) is 6.04 Å². The Morgan fingerprint density at radius 3 is 2.71 bits per heavy atom. The molecule has 98 valence electrons. The summed E-state index contributed by atoms with van der Waals surface area (Å²) in [4.78, 5) is 14.3. The Labute approximate surface area is 104 Å². The van der Waals surface area contributed by atoms with Gasteiger partial charge in [-0.2, -0.15) is 0 Å². The predicted octanol–water partition coefficient (Wildman–Crippen LogP) is 0.868. The van der Waals surface area contributed by atoms with Crippen LogP contribution >= 0.6 is 0 Å². The van der Waals surface area contributed by atoms with Crippen LogP contribution in [0.1, 0.15) is 26.7 Å². The topological polar surface area (TPSA) is 41.6 Å². The zero-order chi connectivity index (χ0) is 12.4. The SMILES string of the molecule is COC(=O)C(NC1CCN2CCC1C2)C(C)C. The number of esters is 1. The Morgan fingerprint density at radius 2 is 2.06 bits per heavy atom. The standard InChI is InChI=1S/C13H24N2O2/c1-9(2)12(13(16)17-3)14-11-5-7-15-6-4-10(11)8-15/h9-12,14H,4-8H2,1-3H3. The molecule has 2 saturated heterocycles. The van der Waals surface area contributed by atoms with Crippen LogP contribution in [0.15, 0.2) is 0 Å². The Hall–Kier alpha value is -0.610. The molecule has 0 spiro atoms. The number of carbonyl (C=O) groups excluding carboxylic acids is 1. The molecule has 2 fully saturated rings. The number of hydrogen-bond acceptors (Lipinski definition) is 4. The van der Waals surface area contributed by atoms with Gasteiger partial charge in [-0.1, -0.05) is 13.8 Å². The number of rotatable bonds is 4. The van der Waals surface area contributed by atoms with E-state index in [9.17, 15) is 4.79 Å². The number of fused-ring (bicyclic) bond motifs is 2. The zero-order valence-corrected chi connectivity index (χ0v) is 11.1. The van der Waals surface area contributed by atoms with Crippen molar-refractivity contribution in [1.29, 1.82) is 0 Å². The monoisotopic (exact) mass is 240 g/mol. The van der Waals surface area contributed by atoms with Gasteiger partial charge in [0, 0.05) is 12.6 Å². The van der Waals surface area contributed by atoms with E-state index in [1.807, 2.05) is 0 Å². The van der Waals surface area contributed by atoms with Crippen molar-refractivity contribution in [2.75, 3.05) is 26.7 Å². The molecule has 2 rings (SSSR count). The van der Waals surface area contributed by atoms with Crippen molar-refractivity contribution in [1.82, 2.24) is 10.2 Å². The molecule has 17 heavy (non-hydrogen) atoms. The van der Waals surface area contributed by atoms with Crippen LogP contribution in [0.4, 0.5) is 0 Å². The first-order valence-corrected chi connectivity index (χ1v) is 6.68. The van der Waals surface area contributed by atoms with Gasteiger partial charge in [0.05, 0.1) is 7.11 Å². The molecule has 0 aromatic rings. The highest BCUT2D eigenvalue weighted by Gasteiger charge is 2.37. The van der Waals surface area contributed by atoms with E-state index in [2.05, 4.69) is 24.1 Å². The predicted molar refractivity (Wildman–Crippen MR) is 66.7 cm³/mol. The number of carbonyl (C=O) groups is 1. The highest BCUT2D eigenvalue weighted by molar-refractivity contribution is 5.76. The summed E-state index contributed by atoms with van der Waals surface area (Å²) in [5.74, 6) is 0.872. The molecule has 2 bridgehead atoms. The van der Waals surface area contributed by atoms with Gasteiger partial charge in [0.15, 0.2) is 0 Å². The van der Waals surface area contributed by atoms with Crippen molar-refractivity contribution in [3.63, 3.8) is 0 Å². The summed E-state index contributed by atoms with van der Waals surface area (Å²) >= 11 is 0. The lowest BCUT2D eigenvalue weighted by Gasteiger charge is -2.34. The number of nitrogens with zero attached hydrogens (tertiary/aromatic N) is 1. The summed E-state index contributed by atoms with van der Waals surface area (Å²) in [7, 11) is 1.47. The summed E-state index contributed by atoms with van der Waals surface area (Å²) in [6.07, 6.45) is 2.43. The molecule has 2 heterocycles. The molecule has 4 nitrogen and oxygen atoms in total. The first-order valence-electron chi connectivity index (χ1n) is 6.68. The highest BCUT2D eigenvalue weighted by Crippen LogP contribution is 2.27. The summed E-state index contributed by atoms with van der Waals surface area (Å²) in [6, 6.07) is 0.331. The van der Waals surface area contributed by atoms with E-state index in [4.69, 9.17) is 4.74 Å². The molecule has 0 saturated carbocycles. The fourth-order valence-electron chi connectivity index (χ4n) is 3.06. The van der Waals surface area contributed by atoms with Crippen molar-refractivity contribution >= 4 is 5.97 Å². The van der Waals surface area contributed by atoms with E-state index < -0.39 is 0 Å². The summed E-state index contributed by atoms with van der Waals surface area (Å²) < 4.78 is 4.88. The molecule has 1 N–H and O–H groups in total. The molecule has 0 aromatic heterocycles. The third kappa shape index (κ3) is 2.80. The van der Waals surface area contributed by atoms with E-state index >= 15 is 0 Å². The minimum atomic E-state index is -0.155. The minimum absolute atomic E-state index is 0.125. The number of piperidine rings is 1. The number of hydrogen-bond donors (Lipinski definition) is 1. The molecule has 0 amide bonds. The van der Waals surface area contributed by atoms with Crippen molar-refractivity contribution in [3.05, 3.63) is 0 Å². The first-order chi connectivity index (χ1) is 8.11. The average molecular weight is 240 g/mol. The number of nitrogens with one attached hydrogen (secondary N) is 1. The molecule has 4 heteroatoms. The first kappa shape index (κ1) is 12.8. The van der Waals surface area contributed by atoms with Gasteiger partial charge in [0.2, 0.25) is 0 Å². The van der Waals surface area contributed by atoms with Crippen LogP contribution in [0.2, 0.25) is 0 Å². The summed E-state index contributed by atoms with van der Waals surface area (Å²) in [5, 5.41) is 3.53. The van der Waals surface area contributed by atoms with Crippen molar-refractivity contribution < 1.29 is 9.53 Å². The molecule has 2 aliphatic rings. The van der Waals surface area contributed by atoms with E-state index in [-0.39, 0.29) is 17.9 Å². The van der Waals surface area contributed by atoms with Gasteiger partial charge in [-0.25, -0.2) is 0 Å². The Morgan fingerprint density at radius 1 is 1.35 bits per heavy atom. The Bertz CT molecular complexity index is 281. The molecule has 2 aliphatic heterocycles. The molecule has 0 aromatic carbocycles. The summed E-state index contributed by atoms with van der Waals surface area (Å²) in [5.41, 5.74) is 0. The third-order valence-electron chi connectivity index (χ3n) is 4.15. The lowest BCUT2D eigenvalue weighted by Crippen LogP contribution is -2.52. The van der Waals surface area contributed by atoms with Gasteiger partial charge in [-0.15, -0.1) is 0 Å². The van der Waals surface area contributed by atoms with E-state index in [1.165, 1.54) is 33.2 Å². The lowest BCUT2D eigenvalue weighted by atomic mass is 9.92. The van der Waals surface area contributed by atoms with E-state index in [0.29, 0.717) is 6.04 Å². The van der Waals surface area contributed by atoms with E-state index in [0.717, 1.165) is 12.3 Å². The van der Waals surface area contributed by atoms with Gasteiger partial charge < -0.3 is 15.0 Å². The fourth-order valence-corrected chi connectivity index (χ4v) is 3.06. The van der Waals surface area contributed by atoms with Crippen molar-refractivity contribution in [3.8, 4) is 0 Å². The highest BCUT2D eigenvalue weighted by atomic mass is 16.5. The molecule has 0 radical (unpaired) electrons. The maximum absolute atomic E-state index is 11.7. The van der Waals surface area contributed by atoms with Gasteiger partial charge in [0.25, 0.3) is 0 Å². The van der Waals surface area contributed by atoms with Crippen molar-refractivity contribution in [2.45, 2.75) is 38.8 Å². The molecular formula is C13H24N2O2.